The predicted octanol–water partition coefficient (Wildman–Crippen LogP) is 1.40. The lowest BCUT2D eigenvalue weighted by Crippen LogP contribution is -2.23. The Balaban J connectivity index is 1.77. The molecule has 1 aliphatic rings. The zero-order chi connectivity index (χ0) is 13.2. The zero-order valence-corrected chi connectivity index (χ0v) is 11.3. The van der Waals surface area contributed by atoms with Gasteiger partial charge in [0.15, 0.2) is 0 Å². The van der Waals surface area contributed by atoms with Gasteiger partial charge in [0.1, 0.15) is 0 Å². The second kappa shape index (κ2) is 5.08. The third-order valence-electron chi connectivity index (χ3n) is 3.13. The summed E-state index contributed by atoms with van der Waals surface area (Å²) in [7, 11) is 0. The quantitative estimate of drug-likeness (QED) is 0.860. The van der Waals surface area contributed by atoms with Crippen molar-refractivity contribution in [3.8, 4) is 11.8 Å². The van der Waals surface area contributed by atoms with Crippen molar-refractivity contribution in [1.82, 2.24) is 9.13 Å². The normalized spacial score (nSPS) is 14.2. The molecule has 0 unspecified atom stereocenters. The minimum absolute atomic E-state index is 0.0884. The summed E-state index contributed by atoms with van der Waals surface area (Å²) in [5.41, 5.74) is 6.41. The van der Waals surface area contributed by atoms with Gasteiger partial charge >= 0.3 is 5.69 Å². The molecule has 2 aromatic rings. The Hall–Kier alpha value is -1.77. The van der Waals surface area contributed by atoms with Crippen LogP contribution >= 0.6 is 11.3 Å². The van der Waals surface area contributed by atoms with Crippen molar-refractivity contribution in [2.24, 2.45) is 5.73 Å². The average molecular weight is 273 g/mol. The second-order valence-electron chi connectivity index (χ2n) is 4.65. The van der Waals surface area contributed by atoms with Gasteiger partial charge in [0.2, 0.25) is 0 Å². The first-order valence-electron chi connectivity index (χ1n) is 6.31. The van der Waals surface area contributed by atoms with Gasteiger partial charge < -0.3 is 5.73 Å². The van der Waals surface area contributed by atoms with E-state index in [4.69, 9.17) is 5.73 Å². The Morgan fingerprint density at radius 2 is 2.26 bits per heavy atom. The maximum Gasteiger partial charge on any atom is 0.328 e. The third kappa shape index (κ3) is 2.65. The Labute approximate surface area is 115 Å². The summed E-state index contributed by atoms with van der Waals surface area (Å²) in [6.45, 7) is 0.988. The fourth-order valence-corrected chi connectivity index (χ4v) is 2.84. The van der Waals surface area contributed by atoms with Gasteiger partial charge in [-0.25, -0.2) is 4.79 Å². The molecule has 0 radical (unpaired) electrons. The van der Waals surface area contributed by atoms with E-state index in [1.54, 1.807) is 15.9 Å². The summed E-state index contributed by atoms with van der Waals surface area (Å²) in [5, 5.41) is 2.00. The Morgan fingerprint density at radius 3 is 3.00 bits per heavy atom. The van der Waals surface area contributed by atoms with E-state index >= 15 is 0 Å². The summed E-state index contributed by atoms with van der Waals surface area (Å²) < 4.78 is 3.59. The molecule has 0 aliphatic heterocycles. The Kier molecular flexibility index (Phi) is 3.28. The van der Waals surface area contributed by atoms with Crippen molar-refractivity contribution in [3.05, 3.63) is 44.8 Å². The van der Waals surface area contributed by atoms with Crippen molar-refractivity contribution in [2.75, 3.05) is 6.54 Å². The summed E-state index contributed by atoms with van der Waals surface area (Å²) in [6, 6.07) is 2.46. The van der Waals surface area contributed by atoms with Crippen LogP contribution in [0.15, 0.2) is 28.6 Å². The van der Waals surface area contributed by atoms with Crippen LogP contribution in [0.25, 0.3) is 0 Å². The molecule has 0 spiro atoms. The molecule has 98 valence electrons. The van der Waals surface area contributed by atoms with Crippen LogP contribution in [0.4, 0.5) is 0 Å². The molecule has 2 aromatic heterocycles. The van der Waals surface area contributed by atoms with E-state index in [-0.39, 0.29) is 5.69 Å². The molecule has 3 rings (SSSR count). The van der Waals surface area contributed by atoms with Gasteiger partial charge in [-0.05, 0) is 18.9 Å². The van der Waals surface area contributed by atoms with Crippen LogP contribution in [0.3, 0.4) is 0 Å². The molecule has 2 N–H and O–H groups in total. The highest BCUT2D eigenvalue weighted by atomic mass is 32.1. The average Bonchev–Trinajstić information content (AvgIpc) is 3.05. The molecule has 0 saturated heterocycles. The molecular weight excluding hydrogens is 258 g/mol. The monoisotopic (exact) mass is 273 g/mol. The van der Waals surface area contributed by atoms with Crippen LogP contribution in [-0.4, -0.2) is 15.7 Å². The second-order valence-corrected chi connectivity index (χ2v) is 5.65. The summed E-state index contributed by atoms with van der Waals surface area (Å²) in [5.74, 6) is 5.83. The molecule has 5 heteroatoms. The molecule has 2 heterocycles. The maximum absolute atomic E-state index is 12.1. The topological polar surface area (TPSA) is 52.9 Å². The molecule has 1 aliphatic carbocycles. The van der Waals surface area contributed by atoms with Gasteiger partial charge in [-0.3, -0.25) is 9.13 Å². The number of hydrogen-bond acceptors (Lipinski definition) is 3. The minimum atomic E-state index is 0.0884. The first-order chi connectivity index (χ1) is 9.28. The van der Waals surface area contributed by atoms with Crippen molar-refractivity contribution < 1.29 is 0 Å². The molecule has 4 nitrogen and oxygen atoms in total. The van der Waals surface area contributed by atoms with Gasteiger partial charge in [-0.15, -0.1) is 11.3 Å². The predicted molar refractivity (Wildman–Crippen MR) is 76.3 cm³/mol. The molecule has 0 atom stereocenters. The number of nitrogens with zero attached hydrogens (tertiary/aromatic N) is 2. The van der Waals surface area contributed by atoms with Crippen molar-refractivity contribution in [3.63, 3.8) is 0 Å². The molecule has 1 saturated carbocycles. The summed E-state index contributed by atoms with van der Waals surface area (Å²) >= 11 is 1.62. The van der Waals surface area contributed by atoms with E-state index in [1.165, 1.54) is 0 Å². The van der Waals surface area contributed by atoms with Gasteiger partial charge in [-0.1, -0.05) is 11.8 Å². The minimum Gasteiger partial charge on any atom is -0.320 e. The maximum atomic E-state index is 12.1. The molecule has 0 bridgehead atoms. The number of hydrogen-bond donors (Lipinski definition) is 1. The van der Waals surface area contributed by atoms with Crippen LogP contribution in [0.5, 0.6) is 0 Å². The number of thiophene rings is 1. The lowest BCUT2D eigenvalue weighted by atomic mass is 10.3. The summed E-state index contributed by atoms with van der Waals surface area (Å²) in [6.07, 6.45) is 6.01. The van der Waals surface area contributed by atoms with E-state index < -0.39 is 0 Å². The van der Waals surface area contributed by atoms with Gasteiger partial charge in [0, 0.05) is 34.3 Å². The Bertz CT molecular complexity index is 694. The van der Waals surface area contributed by atoms with Crippen LogP contribution in [-0.2, 0) is 6.54 Å². The lowest BCUT2D eigenvalue weighted by molar-refractivity contribution is 0.659. The molecule has 1 fully saturated rings. The first-order valence-corrected chi connectivity index (χ1v) is 7.19. The fourth-order valence-electron chi connectivity index (χ4n) is 2.03. The van der Waals surface area contributed by atoms with E-state index in [0.29, 0.717) is 19.1 Å². The van der Waals surface area contributed by atoms with Crippen LogP contribution in [0.1, 0.15) is 29.3 Å². The zero-order valence-electron chi connectivity index (χ0n) is 10.5. The largest absolute Gasteiger partial charge is 0.328 e. The summed E-state index contributed by atoms with van der Waals surface area (Å²) in [4.78, 5) is 13.3. The van der Waals surface area contributed by atoms with Crippen LogP contribution in [0.2, 0.25) is 0 Å². The molecule has 0 amide bonds. The van der Waals surface area contributed by atoms with E-state index in [2.05, 4.69) is 11.8 Å². The SMILES string of the molecule is NCC#Cc1csc(Cn2ccn(C3CC3)c2=O)c1. The highest BCUT2D eigenvalue weighted by Gasteiger charge is 2.25. The molecular formula is C14H15N3OS. The van der Waals surface area contributed by atoms with Gasteiger partial charge in [0.25, 0.3) is 0 Å². The van der Waals surface area contributed by atoms with Crippen molar-refractivity contribution in [1.29, 1.82) is 0 Å². The number of imidazole rings is 1. The number of rotatable bonds is 3. The van der Waals surface area contributed by atoms with E-state index in [9.17, 15) is 4.79 Å². The first kappa shape index (κ1) is 12.3. The van der Waals surface area contributed by atoms with Crippen molar-refractivity contribution >= 4 is 11.3 Å². The van der Waals surface area contributed by atoms with Gasteiger partial charge in [-0.2, -0.15) is 0 Å². The number of aromatic nitrogens is 2. The van der Waals surface area contributed by atoms with E-state index in [0.717, 1.165) is 23.3 Å². The van der Waals surface area contributed by atoms with E-state index in [1.807, 2.05) is 28.4 Å². The smallest absolute Gasteiger partial charge is 0.320 e. The highest BCUT2D eigenvalue weighted by Crippen LogP contribution is 2.33. The standard InChI is InChI=1S/C14H15N3OS/c15-5-1-2-11-8-13(19-10-11)9-16-6-7-17(14(16)18)12-3-4-12/h6-8,10,12H,3-5,9,15H2. The Morgan fingerprint density at radius 1 is 1.42 bits per heavy atom. The fraction of sp³-hybridized carbons (Fsp3) is 0.357. The number of nitrogens with two attached hydrogens (primary N) is 1. The highest BCUT2D eigenvalue weighted by molar-refractivity contribution is 7.10. The molecule has 19 heavy (non-hydrogen) atoms. The van der Waals surface area contributed by atoms with Crippen LogP contribution < -0.4 is 11.4 Å². The van der Waals surface area contributed by atoms with Crippen LogP contribution in [0, 0.1) is 11.8 Å². The lowest BCUT2D eigenvalue weighted by Gasteiger charge is -1.98. The van der Waals surface area contributed by atoms with Gasteiger partial charge in [0.05, 0.1) is 13.1 Å². The molecule has 0 aromatic carbocycles. The third-order valence-corrected chi connectivity index (χ3v) is 4.05. The van der Waals surface area contributed by atoms with Crippen molar-refractivity contribution in [2.45, 2.75) is 25.4 Å².